The summed E-state index contributed by atoms with van der Waals surface area (Å²) in [5.74, 6) is 0.576. The summed E-state index contributed by atoms with van der Waals surface area (Å²) >= 11 is 0. The summed E-state index contributed by atoms with van der Waals surface area (Å²) in [6, 6.07) is 0.0743. The van der Waals surface area contributed by atoms with Crippen molar-refractivity contribution in [2.24, 2.45) is 0 Å². The molecular weight excluding hydrogens is 300 g/mol. The molecule has 0 aromatic rings. The maximum absolute atomic E-state index is 11.9. The Morgan fingerprint density at radius 1 is 1.41 bits per heavy atom. The van der Waals surface area contributed by atoms with Gasteiger partial charge in [-0.1, -0.05) is 11.6 Å². The first-order valence-electron chi connectivity index (χ1n) is 8.31. The van der Waals surface area contributed by atoms with Gasteiger partial charge in [-0.3, -0.25) is 4.79 Å². The molecule has 0 aromatic carbocycles. The molecule has 0 saturated carbocycles. The van der Waals surface area contributed by atoms with Crippen molar-refractivity contribution >= 4 is 15.7 Å². The number of allylic oxidation sites excluding steroid dienone is 1. The summed E-state index contributed by atoms with van der Waals surface area (Å²) in [6.07, 6.45) is 9.31. The molecule has 0 bridgehead atoms. The Morgan fingerprint density at radius 2 is 2.23 bits per heavy atom. The first-order chi connectivity index (χ1) is 10.5. The van der Waals surface area contributed by atoms with Gasteiger partial charge in [-0.25, -0.2) is 8.42 Å². The standard InChI is InChI=1S/C16H28N2O3S/c1-18(15-9-12-22(20,21)13-15)11-8-16(19)17-10-7-14-5-3-2-4-6-14/h5,15H,2-4,6-13H2,1H3,(H,17,19). The number of hydrogen-bond acceptors (Lipinski definition) is 4. The van der Waals surface area contributed by atoms with Crippen LogP contribution in [0.15, 0.2) is 11.6 Å². The van der Waals surface area contributed by atoms with Crippen LogP contribution in [0.4, 0.5) is 0 Å². The van der Waals surface area contributed by atoms with E-state index in [1.165, 1.54) is 31.3 Å². The number of nitrogens with one attached hydrogen (secondary N) is 1. The Bertz CT molecular complexity index is 513. The lowest BCUT2D eigenvalue weighted by Crippen LogP contribution is -2.36. The van der Waals surface area contributed by atoms with E-state index < -0.39 is 9.84 Å². The van der Waals surface area contributed by atoms with E-state index in [-0.39, 0.29) is 23.5 Å². The van der Waals surface area contributed by atoms with E-state index in [0.717, 1.165) is 6.42 Å². The van der Waals surface area contributed by atoms with E-state index in [4.69, 9.17) is 0 Å². The van der Waals surface area contributed by atoms with Crippen LogP contribution in [0.5, 0.6) is 0 Å². The minimum atomic E-state index is -2.85. The molecule has 1 aliphatic carbocycles. The fourth-order valence-corrected chi connectivity index (χ4v) is 4.97. The zero-order valence-electron chi connectivity index (χ0n) is 13.5. The SMILES string of the molecule is CN(CCC(=O)NCCC1=CCCCC1)C1CCS(=O)(=O)C1. The average molecular weight is 328 g/mol. The van der Waals surface area contributed by atoms with Crippen LogP contribution in [-0.2, 0) is 14.6 Å². The van der Waals surface area contributed by atoms with Gasteiger partial charge >= 0.3 is 0 Å². The van der Waals surface area contributed by atoms with Gasteiger partial charge in [0.15, 0.2) is 9.84 Å². The first-order valence-corrected chi connectivity index (χ1v) is 10.1. The van der Waals surface area contributed by atoms with Crippen molar-refractivity contribution < 1.29 is 13.2 Å². The van der Waals surface area contributed by atoms with Gasteiger partial charge < -0.3 is 10.2 Å². The van der Waals surface area contributed by atoms with Crippen molar-refractivity contribution in [3.05, 3.63) is 11.6 Å². The highest BCUT2D eigenvalue weighted by atomic mass is 32.2. The molecule has 1 amide bonds. The average Bonchev–Trinajstić information content (AvgIpc) is 2.86. The fourth-order valence-electron chi connectivity index (χ4n) is 3.17. The van der Waals surface area contributed by atoms with Crippen LogP contribution in [0.25, 0.3) is 0 Å². The number of nitrogens with zero attached hydrogens (tertiary/aromatic N) is 1. The van der Waals surface area contributed by atoms with Gasteiger partial charge in [-0.2, -0.15) is 0 Å². The van der Waals surface area contributed by atoms with Crippen LogP contribution >= 0.6 is 0 Å². The van der Waals surface area contributed by atoms with Crippen molar-refractivity contribution in [3.8, 4) is 0 Å². The molecule has 1 atom stereocenters. The van der Waals surface area contributed by atoms with E-state index in [9.17, 15) is 13.2 Å². The van der Waals surface area contributed by atoms with E-state index in [1.54, 1.807) is 0 Å². The van der Waals surface area contributed by atoms with Crippen molar-refractivity contribution in [1.29, 1.82) is 0 Å². The largest absolute Gasteiger partial charge is 0.356 e. The van der Waals surface area contributed by atoms with Crippen LogP contribution in [0, 0.1) is 0 Å². The quantitative estimate of drug-likeness (QED) is 0.719. The van der Waals surface area contributed by atoms with Gasteiger partial charge in [-0.05, 0) is 45.6 Å². The normalized spacial score (nSPS) is 24.3. The Balaban J connectivity index is 1.60. The van der Waals surface area contributed by atoms with E-state index >= 15 is 0 Å². The molecule has 1 heterocycles. The Labute approximate surface area is 134 Å². The van der Waals surface area contributed by atoms with E-state index in [0.29, 0.717) is 25.9 Å². The topological polar surface area (TPSA) is 66.5 Å². The van der Waals surface area contributed by atoms with E-state index in [2.05, 4.69) is 11.4 Å². The minimum Gasteiger partial charge on any atom is -0.356 e. The monoisotopic (exact) mass is 328 g/mol. The Hall–Kier alpha value is -0.880. The third-order valence-corrected chi connectivity index (χ3v) is 6.43. The van der Waals surface area contributed by atoms with Crippen molar-refractivity contribution in [2.75, 3.05) is 31.6 Å². The van der Waals surface area contributed by atoms with Gasteiger partial charge in [-0.15, -0.1) is 0 Å². The molecule has 126 valence electrons. The van der Waals surface area contributed by atoms with Crippen molar-refractivity contribution in [1.82, 2.24) is 10.2 Å². The molecule has 22 heavy (non-hydrogen) atoms. The number of sulfone groups is 1. The van der Waals surface area contributed by atoms with Crippen LogP contribution in [-0.4, -0.2) is 56.9 Å². The predicted octanol–water partition coefficient (Wildman–Crippen LogP) is 1.50. The molecule has 0 aromatic heterocycles. The number of carbonyl (C=O) groups excluding carboxylic acids is 1. The van der Waals surface area contributed by atoms with Gasteiger partial charge in [0.05, 0.1) is 11.5 Å². The lowest BCUT2D eigenvalue weighted by Gasteiger charge is -2.22. The molecule has 6 heteroatoms. The number of rotatable bonds is 7. The molecule has 1 saturated heterocycles. The summed E-state index contributed by atoms with van der Waals surface area (Å²) < 4.78 is 22.9. The number of carbonyl (C=O) groups is 1. The van der Waals surface area contributed by atoms with Crippen LogP contribution in [0.1, 0.15) is 44.9 Å². The first kappa shape index (κ1) is 17.5. The van der Waals surface area contributed by atoms with Gasteiger partial charge in [0.1, 0.15) is 0 Å². The molecule has 5 nitrogen and oxygen atoms in total. The molecular formula is C16H28N2O3S. The molecule has 1 N–H and O–H groups in total. The third-order valence-electron chi connectivity index (χ3n) is 4.68. The van der Waals surface area contributed by atoms with Gasteiger partial charge in [0.2, 0.25) is 5.91 Å². The maximum Gasteiger partial charge on any atom is 0.221 e. The summed E-state index contributed by atoms with van der Waals surface area (Å²) in [5, 5.41) is 2.97. The number of hydrogen-bond donors (Lipinski definition) is 1. The summed E-state index contributed by atoms with van der Waals surface area (Å²) in [5.41, 5.74) is 1.47. The molecule has 1 aliphatic heterocycles. The highest BCUT2D eigenvalue weighted by Gasteiger charge is 2.30. The van der Waals surface area contributed by atoms with Gasteiger partial charge in [0.25, 0.3) is 0 Å². The van der Waals surface area contributed by atoms with E-state index in [1.807, 2.05) is 11.9 Å². The van der Waals surface area contributed by atoms with Crippen LogP contribution in [0.2, 0.25) is 0 Å². The van der Waals surface area contributed by atoms with Crippen molar-refractivity contribution in [3.63, 3.8) is 0 Å². The second-order valence-corrected chi connectivity index (χ2v) is 8.72. The lowest BCUT2D eigenvalue weighted by atomic mass is 9.97. The fraction of sp³-hybridized carbons (Fsp3) is 0.812. The highest BCUT2D eigenvalue weighted by molar-refractivity contribution is 7.91. The smallest absolute Gasteiger partial charge is 0.221 e. The third kappa shape index (κ3) is 5.72. The Morgan fingerprint density at radius 3 is 2.86 bits per heavy atom. The number of amides is 1. The maximum atomic E-state index is 11.9. The van der Waals surface area contributed by atoms with Gasteiger partial charge in [0, 0.05) is 25.6 Å². The molecule has 2 aliphatic rings. The summed E-state index contributed by atoms with van der Waals surface area (Å²) in [6.45, 7) is 1.33. The highest BCUT2D eigenvalue weighted by Crippen LogP contribution is 2.19. The summed E-state index contributed by atoms with van der Waals surface area (Å²) in [7, 11) is -0.946. The molecule has 0 radical (unpaired) electrons. The zero-order chi connectivity index (χ0) is 16.0. The lowest BCUT2D eigenvalue weighted by molar-refractivity contribution is -0.121. The summed E-state index contributed by atoms with van der Waals surface area (Å²) in [4.78, 5) is 13.9. The molecule has 0 spiro atoms. The van der Waals surface area contributed by atoms with Crippen LogP contribution in [0.3, 0.4) is 0 Å². The van der Waals surface area contributed by atoms with Crippen molar-refractivity contribution in [2.45, 2.75) is 51.0 Å². The Kier molecular flexibility index (Phi) is 6.44. The minimum absolute atomic E-state index is 0.0594. The molecule has 1 fully saturated rings. The second kappa shape index (κ2) is 8.11. The van der Waals surface area contributed by atoms with Crippen LogP contribution < -0.4 is 5.32 Å². The zero-order valence-corrected chi connectivity index (χ0v) is 14.3. The molecule has 1 unspecified atom stereocenters. The molecule has 2 rings (SSSR count). The predicted molar refractivity (Wildman–Crippen MR) is 88.5 cm³/mol. The second-order valence-electron chi connectivity index (χ2n) is 6.50.